The smallest absolute Gasteiger partial charge is 0.202 e. The second kappa shape index (κ2) is 5.46. The zero-order valence-corrected chi connectivity index (χ0v) is 11.7. The van der Waals surface area contributed by atoms with Gasteiger partial charge in [0, 0.05) is 18.8 Å². The number of nitrogens with zero attached hydrogens (tertiary/aromatic N) is 1. The van der Waals surface area contributed by atoms with Crippen molar-refractivity contribution in [2.45, 2.75) is 38.7 Å². The lowest BCUT2D eigenvalue weighted by Gasteiger charge is -2.29. The molecule has 1 saturated heterocycles. The second-order valence-electron chi connectivity index (χ2n) is 5.41. The highest BCUT2D eigenvalue weighted by molar-refractivity contribution is 5.87. The van der Waals surface area contributed by atoms with Crippen molar-refractivity contribution < 1.29 is 9.53 Å². The topological polar surface area (TPSA) is 73.9 Å². The molecule has 104 valence electrons. The molecule has 0 bridgehead atoms. The van der Waals surface area contributed by atoms with Gasteiger partial charge in [0.15, 0.2) is 0 Å². The van der Waals surface area contributed by atoms with Crippen molar-refractivity contribution in [3.8, 4) is 6.07 Å². The molecule has 20 heavy (non-hydrogen) atoms. The third-order valence-corrected chi connectivity index (χ3v) is 3.82. The minimum absolute atomic E-state index is 0.0115. The summed E-state index contributed by atoms with van der Waals surface area (Å²) in [5.74, 6) is -0.327. The summed E-state index contributed by atoms with van der Waals surface area (Å²) in [6.45, 7) is 3.37. The molecule has 3 unspecified atom stereocenters. The molecule has 0 saturated carbocycles. The Labute approximate surface area is 118 Å². The zero-order valence-electron chi connectivity index (χ0n) is 11.7. The van der Waals surface area contributed by atoms with Crippen LogP contribution in [0.1, 0.15) is 38.2 Å². The molecule has 1 aliphatic heterocycles. The molecule has 4 heteroatoms. The number of rotatable bonds is 4. The fourth-order valence-corrected chi connectivity index (χ4v) is 2.92. The summed E-state index contributed by atoms with van der Waals surface area (Å²) in [6, 6.07) is 11.7. The molecule has 1 heterocycles. The number of carbonyl (C=O) groups excluding carboxylic acids is 1. The maximum absolute atomic E-state index is 11.6. The first-order chi connectivity index (χ1) is 9.49. The summed E-state index contributed by atoms with van der Waals surface area (Å²) in [5.41, 5.74) is -0.126. The molecule has 1 N–H and O–H groups in total. The number of nitriles is 1. The molecule has 1 fully saturated rings. The predicted octanol–water partition coefficient (Wildman–Crippen LogP) is 3.05. The first-order valence-electron chi connectivity index (χ1n) is 6.71. The summed E-state index contributed by atoms with van der Waals surface area (Å²) < 4.78 is 5.40. The minimum atomic E-state index is -1.04. The van der Waals surface area contributed by atoms with E-state index in [1.165, 1.54) is 6.92 Å². The van der Waals surface area contributed by atoms with Gasteiger partial charge in [-0.1, -0.05) is 30.3 Å². The molecule has 0 aliphatic carbocycles. The lowest BCUT2D eigenvalue weighted by atomic mass is 9.69. The highest BCUT2D eigenvalue weighted by Gasteiger charge is 2.51. The molecule has 2 rings (SSSR count). The minimum Gasteiger partial charge on any atom is -0.477 e. The van der Waals surface area contributed by atoms with Crippen LogP contribution in [-0.2, 0) is 9.53 Å². The quantitative estimate of drug-likeness (QED) is 0.913. The molecule has 0 aromatic heterocycles. The Hall–Kier alpha value is -2.15. The maximum atomic E-state index is 11.6. The van der Waals surface area contributed by atoms with E-state index in [9.17, 15) is 10.1 Å². The standard InChI is InChI=1S/C16H18N2O2/c1-11(19)8-14(13-6-4-3-5-7-13)16(10-17)9-12(2)20-15(16)18/h3-7,12,14,18H,8-9H2,1-2H3. The van der Waals surface area contributed by atoms with Crippen molar-refractivity contribution >= 4 is 11.7 Å². The Morgan fingerprint density at radius 2 is 2.20 bits per heavy atom. The Bertz CT molecular complexity index is 562. The van der Waals surface area contributed by atoms with E-state index in [2.05, 4.69) is 6.07 Å². The number of carbonyl (C=O) groups is 1. The molecule has 0 radical (unpaired) electrons. The van der Waals surface area contributed by atoms with E-state index in [1.807, 2.05) is 37.3 Å². The average molecular weight is 270 g/mol. The highest BCUT2D eigenvalue weighted by Crippen LogP contribution is 2.47. The number of hydrogen-bond acceptors (Lipinski definition) is 4. The van der Waals surface area contributed by atoms with Crippen LogP contribution in [0.15, 0.2) is 30.3 Å². The monoisotopic (exact) mass is 270 g/mol. The molecule has 1 aromatic carbocycles. The lowest BCUT2D eigenvalue weighted by molar-refractivity contribution is -0.117. The van der Waals surface area contributed by atoms with Gasteiger partial charge < -0.3 is 9.53 Å². The Balaban J connectivity index is 2.48. The summed E-state index contributed by atoms with van der Waals surface area (Å²) in [7, 11) is 0. The van der Waals surface area contributed by atoms with Crippen molar-refractivity contribution in [1.29, 1.82) is 10.7 Å². The van der Waals surface area contributed by atoms with E-state index in [0.29, 0.717) is 6.42 Å². The van der Waals surface area contributed by atoms with Gasteiger partial charge in [-0.25, -0.2) is 0 Å². The highest BCUT2D eigenvalue weighted by atomic mass is 16.5. The van der Waals surface area contributed by atoms with Crippen LogP contribution in [-0.4, -0.2) is 17.8 Å². The molecule has 0 amide bonds. The van der Waals surface area contributed by atoms with Crippen LogP contribution in [0.2, 0.25) is 0 Å². The van der Waals surface area contributed by atoms with Gasteiger partial charge in [-0.05, 0) is 19.4 Å². The maximum Gasteiger partial charge on any atom is 0.202 e. The first-order valence-corrected chi connectivity index (χ1v) is 6.71. The number of benzene rings is 1. The number of nitrogens with one attached hydrogen (secondary N) is 1. The van der Waals surface area contributed by atoms with Gasteiger partial charge in [-0.3, -0.25) is 5.41 Å². The third-order valence-electron chi connectivity index (χ3n) is 3.82. The van der Waals surface area contributed by atoms with E-state index in [-0.39, 0.29) is 30.1 Å². The van der Waals surface area contributed by atoms with Crippen LogP contribution < -0.4 is 0 Å². The number of Topliss-reactive ketones (excluding diaryl/α,β-unsaturated/α-hetero) is 1. The molecule has 1 aliphatic rings. The lowest BCUT2D eigenvalue weighted by Crippen LogP contribution is -2.33. The summed E-state index contributed by atoms with van der Waals surface area (Å²) >= 11 is 0. The SMILES string of the molecule is CC(=O)CC(c1ccccc1)C1(C#N)CC(C)OC1=N. The van der Waals surface area contributed by atoms with Crippen LogP contribution >= 0.6 is 0 Å². The zero-order chi connectivity index (χ0) is 14.8. The van der Waals surface area contributed by atoms with Gasteiger partial charge in [0.25, 0.3) is 0 Å². The molecule has 4 nitrogen and oxygen atoms in total. The van der Waals surface area contributed by atoms with Crippen molar-refractivity contribution in [1.82, 2.24) is 0 Å². The third kappa shape index (κ3) is 2.44. The van der Waals surface area contributed by atoms with E-state index >= 15 is 0 Å². The first kappa shape index (κ1) is 14.3. The number of ketones is 1. The molecule has 1 aromatic rings. The van der Waals surface area contributed by atoms with Crippen LogP contribution in [0.3, 0.4) is 0 Å². The number of ether oxygens (including phenoxy) is 1. The van der Waals surface area contributed by atoms with Gasteiger partial charge in [-0.2, -0.15) is 5.26 Å². The molecule has 0 spiro atoms. The molecular formula is C16H18N2O2. The molecule has 3 atom stereocenters. The van der Waals surface area contributed by atoms with Gasteiger partial charge in [0.05, 0.1) is 12.2 Å². The van der Waals surface area contributed by atoms with Gasteiger partial charge >= 0.3 is 0 Å². The Morgan fingerprint density at radius 1 is 1.55 bits per heavy atom. The fraction of sp³-hybridized carbons (Fsp3) is 0.438. The van der Waals surface area contributed by atoms with E-state index in [1.54, 1.807) is 0 Å². The summed E-state index contributed by atoms with van der Waals surface area (Å²) in [4.78, 5) is 11.6. The van der Waals surface area contributed by atoms with Crippen molar-refractivity contribution in [3.63, 3.8) is 0 Å². The van der Waals surface area contributed by atoms with Gasteiger partial charge in [0.2, 0.25) is 5.90 Å². The van der Waals surface area contributed by atoms with E-state index in [4.69, 9.17) is 10.1 Å². The summed E-state index contributed by atoms with van der Waals surface area (Å²) in [5, 5.41) is 17.7. The number of hydrogen-bond donors (Lipinski definition) is 1. The van der Waals surface area contributed by atoms with E-state index in [0.717, 1.165) is 5.56 Å². The van der Waals surface area contributed by atoms with Crippen LogP contribution in [0.4, 0.5) is 0 Å². The van der Waals surface area contributed by atoms with Crippen LogP contribution in [0.5, 0.6) is 0 Å². The fourth-order valence-electron chi connectivity index (χ4n) is 2.92. The van der Waals surface area contributed by atoms with Gasteiger partial charge in [0.1, 0.15) is 11.2 Å². The normalized spacial score (nSPS) is 26.6. The second-order valence-corrected chi connectivity index (χ2v) is 5.41. The summed E-state index contributed by atoms with van der Waals surface area (Å²) in [6.07, 6.45) is 0.533. The largest absolute Gasteiger partial charge is 0.477 e. The van der Waals surface area contributed by atoms with Crippen LogP contribution in [0.25, 0.3) is 0 Å². The average Bonchev–Trinajstić information content (AvgIpc) is 2.72. The predicted molar refractivity (Wildman–Crippen MR) is 75.4 cm³/mol. The van der Waals surface area contributed by atoms with Crippen molar-refractivity contribution in [2.24, 2.45) is 5.41 Å². The van der Waals surface area contributed by atoms with Crippen LogP contribution in [0, 0.1) is 22.2 Å². The van der Waals surface area contributed by atoms with E-state index < -0.39 is 5.41 Å². The van der Waals surface area contributed by atoms with Crippen molar-refractivity contribution in [2.75, 3.05) is 0 Å². The van der Waals surface area contributed by atoms with Gasteiger partial charge in [-0.15, -0.1) is 0 Å². The Morgan fingerprint density at radius 3 is 2.65 bits per heavy atom. The van der Waals surface area contributed by atoms with Crippen molar-refractivity contribution in [3.05, 3.63) is 35.9 Å². The molecular weight excluding hydrogens is 252 g/mol. The Kier molecular flexibility index (Phi) is 3.89.